The first-order valence-corrected chi connectivity index (χ1v) is 8.52. The molecule has 3 N–H and O–H groups in total. The van der Waals surface area contributed by atoms with E-state index < -0.39 is 6.10 Å². The van der Waals surface area contributed by atoms with Crippen molar-refractivity contribution in [1.29, 1.82) is 0 Å². The number of benzene rings is 2. The van der Waals surface area contributed by atoms with Crippen molar-refractivity contribution in [2.24, 2.45) is 5.73 Å². The lowest BCUT2D eigenvalue weighted by atomic mass is 9.89. The minimum absolute atomic E-state index is 0.225. The molecule has 0 fully saturated rings. The average Bonchev–Trinajstić information content (AvgIpc) is 2.51. The standard InChI is InChI=1S/C16H17Cl2NOS/c1-21-12-4-2-3-11(7-12)16(20)13(9-19)10-5-6-14(17)15(18)8-10/h2-8,13,16,20H,9,19H2,1H3. The Morgan fingerprint density at radius 3 is 2.48 bits per heavy atom. The van der Waals surface area contributed by atoms with Crippen LogP contribution in [-0.2, 0) is 0 Å². The van der Waals surface area contributed by atoms with E-state index in [9.17, 15) is 5.11 Å². The molecule has 2 nitrogen and oxygen atoms in total. The van der Waals surface area contributed by atoms with Crippen molar-refractivity contribution in [2.45, 2.75) is 16.9 Å². The fourth-order valence-corrected chi connectivity index (χ4v) is 3.02. The first-order chi connectivity index (χ1) is 10.1. The van der Waals surface area contributed by atoms with E-state index in [0.717, 1.165) is 16.0 Å². The summed E-state index contributed by atoms with van der Waals surface area (Å²) in [6, 6.07) is 13.2. The van der Waals surface area contributed by atoms with Gasteiger partial charge in [0, 0.05) is 17.4 Å². The minimum atomic E-state index is -0.681. The van der Waals surface area contributed by atoms with E-state index in [2.05, 4.69) is 0 Å². The smallest absolute Gasteiger partial charge is 0.0871 e. The van der Waals surface area contributed by atoms with Crippen LogP contribution in [0.5, 0.6) is 0 Å². The zero-order valence-electron chi connectivity index (χ0n) is 11.6. The molecule has 0 amide bonds. The third kappa shape index (κ3) is 3.93. The van der Waals surface area contributed by atoms with Crippen molar-refractivity contribution >= 4 is 35.0 Å². The van der Waals surface area contributed by atoms with Gasteiger partial charge in [-0.15, -0.1) is 11.8 Å². The molecule has 0 aromatic heterocycles. The monoisotopic (exact) mass is 341 g/mol. The highest BCUT2D eigenvalue weighted by atomic mass is 35.5. The summed E-state index contributed by atoms with van der Waals surface area (Å²) < 4.78 is 0. The van der Waals surface area contributed by atoms with Gasteiger partial charge in [0.1, 0.15) is 0 Å². The summed E-state index contributed by atoms with van der Waals surface area (Å²) in [5.41, 5.74) is 7.59. The fourth-order valence-electron chi connectivity index (χ4n) is 2.25. The lowest BCUT2D eigenvalue weighted by molar-refractivity contribution is 0.147. The van der Waals surface area contributed by atoms with Crippen LogP contribution in [0.15, 0.2) is 47.4 Å². The molecular weight excluding hydrogens is 325 g/mol. The highest BCUT2D eigenvalue weighted by Gasteiger charge is 2.22. The number of hydrogen-bond acceptors (Lipinski definition) is 3. The third-order valence-electron chi connectivity index (χ3n) is 3.44. The normalized spacial score (nSPS) is 14.0. The van der Waals surface area contributed by atoms with Gasteiger partial charge in [-0.3, -0.25) is 0 Å². The van der Waals surface area contributed by atoms with Crippen molar-refractivity contribution in [3.05, 3.63) is 63.6 Å². The van der Waals surface area contributed by atoms with E-state index in [0.29, 0.717) is 16.6 Å². The second-order valence-electron chi connectivity index (χ2n) is 4.74. The largest absolute Gasteiger partial charge is 0.388 e. The van der Waals surface area contributed by atoms with Crippen LogP contribution < -0.4 is 5.73 Å². The molecule has 5 heteroatoms. The summed E-state index contributed by atoms with van der Waals surface area (Å²) in [5.74, 6) is -0.225. The van der Waals surface area contributed by atoms with E-state index >= 15 is 0 Å². The minimum Gasteiger partial charge on any atom is -0.388 e. The Labute approximate surface area is 139 Å². The first kappa shape index (κ1) is 16.7. The van der Waals surface area contributed by atoms with Crippen LogP contribution >= 0.6 is 35.0 Å². The maximum atomic E-state index is 10.6. The van der Waals surface area contributed by atoms with Gasteiger partial charge in [0.15, 0.2) is 0 Å². The van der Waals surface area contributed by atoms with Crippen LogP contribution in [0.2, 0.25) is 10.0 Å². The van der Waals surface area contributed by atoms with Gasteiger partial charge in [0.05, 0.1) is 16.1 Å². The second-order valence-corrected chi connectivity index (χ2v) is 6.43. The van der Waals surface area contributed by atoms with Crippen LogP contribution in [0.25, 0.3) is 0 Å². The lowest BCUT2D eigenvalue weighted by Crippen LogP contribution is -2.20. The fraction of sp³-hybridized carbons (Fsp3) is 0.250. The zero-order valence-corrected chi connectivity index (χ0v) is 13.9. The molecule has 0 aliphatic carbocycles. The summed E-state index contributed by atoms with van der Waals surface area (Å²) in [5, 5.41) is 11.6. The maximum Gasteiger partial charge on any atom is 0.0871 e. The molecule has 112 valence electrons. The van der Waals surface area contributed by atoms with Gasteiger partial charge in [-0.05, 0) is 41.6 Å². The number of rotatable bonds is 5. The van der Waals surface area contributed by atoms with E-state index in [-0.39, 0.29) is 5.92 Å². The molecule has 0 aliphatic heterocycles. The topological polar surface area (TPSA) is 46.2 Å². The van der Waals surface area contributed by atoms with Crippen molar-refractivity contribution in [3.63, 3.8) is 0 Å². The van der Waals surface area contributed by atoms with Crippen molar-refractivity contribution < 1.29 is 5.11 Å². The predicted molar refractivity (Wildman–Crippen MR) is 91.4 cm³/mol. The molecule has 0 saturated heterocycles. The van der Waals surface area contributed by atoms with Gasteiger partial charge >= 0.3 is 0 Å². The lowest BCUT2D eigenvalue weighted by Gasteiger charge is -2.23. The number of nitrogens with two attached hydrogens (primary N) is 1. The molecule has 0 bridgehead atoms. The molecule has 0 spiro atoms. The van der Waals surface area contributed by atoms with Gasteiger partial charge in [-0.25, -0.2) is 0 Å². The first-order valence-electron chi connectivity index (χ1n) is 6.54. The molecule has 0 aliphatic rings. The highest BCUT2D eigenvalue weighted by molar-refractivity contribution is 7.98. The molecule has 0 heterocycles. The molecular formula is C16H17Cl2NOS. The molecule has 2 atom stereocenters. The van der Waals surface area contributed by atoms with Crippen LogP contribution in [0, 0.1) is 0 Å². The Morgan fingerprint density at radius 1 is 1.10 bits per heavy atom. The molecule has 21 heavy (non-hydrogen) atoms. The second kappa shape index (κ2) is 7.52. The van der Waals surface area contributed by atoms with Crippen molar-refractivity contribution in [3.8, 4) is 0 Å². The van der Waals surface area contributed by atoms with E-state index in [1.165, 1.54) is 0 Å². The Balaban J connectivity index is 2.32. The number of aliphatic hydroxyl groups excluding tert-OH is 1. The van der Waals surface area contributed by atoms with Crippen LogP contribution in [0.4, 0.5) is 0 Å². The Kier molecular flexibility index (Phi) is 5.97. The number of aliphatic hydroxyl groups is 1. The Morgan fingerprint density at radius 2 is 1.86 bits per heavy atom. The van der Waals surface area contributed by atoms with Crippen LogP contribution in [-0.4, -0.2) is 17.9 Å². The SMILES string of the molecule is CSc1cccc(C(O)C(CN)c2ccc(Cl)c(Cl)c2)c1. The van der Waals surface area contributed by atoms with E-state index in [4.69, 9.17) is 28.9 Å². The van der Waals surface area contributed by atoms with E-state index in [1.807, 2.05) is 36.6 Å². The number of thioether (sulfide) groups is 1. The Bertz CT molecular complexity index is 621. The van der Waals surface area contributed by atoms with Gasteiger partial charge in [-0.1, -0.05) is 41.4 Å². The average molecular weight is 342 g/mol. The Hall–Kier alpha value is -0.710. The molecule has 0 radical (unpaired) electrons. The van der Waals surface area contributed by atoms with Crippen LogP contribution in [0.3, 0.4) is 0 Å². The predicted octanol–water partition coefficient (Wildman–Crippen LogP) is 4.49. The number of hydrogen-bond donors (Lipinski definition) is 2. The summed E-state index contributed by atoms with van der Waals surface area (Å²) in [6.07, 6.45) is 1.32. The van der Waals surface area contributed by atoms with Gasteiger partial charge in [-0.2, -0.15) is 0 Å². The van der Waals surface area contributed by atoms with Crippen molar-refractivity contribution in [2.75, 3.05) is 12.8 Å². The third-order valence-corrected chi connectivity index (χ3v) is 4.91. The molecule has 2 aromatic carbocycles. The van der Waals surface area contributed by atoms with Gasteiger partial charge < -0.3 is 10.8 Å². The maximum absolute atomic E-state index is 10.6. The molecule has 2 aromatic rings. The molecule has 2 unspecified atom stereocenters. The van der Waals surface area contributed by atoms with Gasteiger partial charge in [0.25, 0.3) is 0 Å². The summed E-state index contributed by atoms with van der Waals surface area (Å²) in [7, 11) is 0. The molecule has 0 saturated carbocycles. The van der Waals surface area contributed by atoms with Crippen LogP contribution in [0.1, 0.15) is 23.1 Å². The zero-order chi connectivity index (χ0) is 15.4. The summed E-state index contributed by atoms with van der Waals surface area (Å²) >= 11 is 13.6. The summed E-state index contributed by atoms with van der Waals surface area (Å²) in [4.78, 5) is 1.11. The molecule has 2 rings (SSSR count). The highest BCUT2D eigenvalue weighted by Crippen LogP contribution is 2.34. The number of halogens is 2. The van der Waals surface area contributed by atoms with Gasteiger partial charge in [0.2, 0.25) is 0 Å². The summed E-state index contributed by atoms with van der Waals surface area (Å²) in [6.45, 7) is 0.322. The quantitative estimate of drug-likeness (QED) is 0.787. The van der Waals surface area contributed by atoms with Crippen molar-refractivity contribution in [1.82, 2.24) is 0 Å². The van der Waals surface area contributed by atoms with E-state index in [1.54, 1.807) is 23.9 Å².